The Morgan fingerprint density at radius 1 is 1.22 bits per heavy atom. The number of hydrogen-bond donors (Lipinski definition) is 1. The quantitative estimate of drug-likeness (QED) is 0.799. The van der Waals surface area contributed by atoms with E-state index in [4.69, 9.17) is 0 Å². The Morgan fingerprint density at radius 2 is 1.96 bits per heavy atom. The van der Waals surface area contributed by atoms with Gasteiger partial charge in [-0.3, -0.25) is 4.98 Å². The van der Waals surface area contributed by atoms with E-state index < -0.39 is 17.6 Å². The Balaban J connectivity index is 2.08. The summed E-state index contributed by atoms with van der Waals surface area (Å²) in [5.74, 6) is -2.69. The molecule has 116 valence electrons. The summed E-state index contributed by atoms with van der Waals surface area (Å²) in [6, 6.07) is 6.35. The largest absolute Gasteiger partial charge is 0.476 e. The third-order valence-corrected chi connectivity index (χ3v) is 3.13. The van der Waals surface area contributed by atoms with Crippen LogP contribution in [0.15, 0.2) is 42.7 Å². The Hall–Kier alpha value is -3.16. The lowest BCUT2D eigenvalue weighted by atomic mass is 10.1. The van der Waals surface area contributed by atoms with Crippen LogP contribution in [-0.4, -0.2) is 31.1 Å². The average Bonchev–Trinajstić information content (AvgIpc) is 2.91. The highest BCUT2D eigenvalue weighted by molar-refractivity contribution is 5.92. The van der Waals surface area contributed by atoms with Crippen LogP contribution in [0.25, 0.3) is 11.3 Å². The maximum Gasteiger partial charge on any atom is 0.358 e. The van der Waals surface area contributed by atoms with E-state index in [2.05, 4.69) is 15.3 Å². The maximum atomic E-state index is 13.3. The number of hydrogen-bond acceptors (Lipinski definition) is 4. The third kappa shape index (κ3) is 3.05. The van der Waals surface area contributed by atoms with Crippen LogP contribution < -0.4 is 0 Å². The van der Waals surface area contributed by atoms with E-state index in [1.807, 2.05) is 0 Å². The first-order valence-corrected chi connectivity index (χ1v) is 6.57. The van der Waals surface area contributed by atoms with Gasteiger partial charge in [0.15, 0.2) is 5.69 Å². The van der Waals surface area contributed by atoms with Gasteiger partial charge in [-0.15, -0.1) is 5.10 Å². The molecule has 0 fully saturated rings. The predicted octanol–water partition coefficient (Wildman–Crippen LogP) is 2.36. The molecule has 0 saturated heterocycles. The van der Waals surface area contributed by atoms with Crippen molar-refractivity contribution >= 4 is 5.97 Å². The summed E-state index contributed by atoms with van der Waals surface area (Å²) in [6.07, 6.45) is 3.01. The van der Waals surface area contributed by atoms with E-state index in [-0.39, 0.29) is 17.9 Å². The van der Waals surface area contributed by atoms with Crippen molar-refractivity contribution in [2.75, 3.05) is 0 Å². The molecule has 23 heavy (non-hydrogen) atoms. The Kier molecular flexibility index (Phi) is 3.80. The Morgan fingerprint density at radius 3 is 2.57 bits per heavy atom. The van der Waals surface area contributed by atoms with Crippen LogP contribution in [0.3, 0.4) is 0 Å². The number of aromatic nitrogens is 4. The minimum atomic E-state index is -1.25. The topological polar surface area (TPSA) is 80.9 Å². The fourth-order valence-electron chi connectivity index (χ4n) is 2.23. The normalized spacial score (nSPS) is 10.7. The number of carboxylic acids is 1. The number of rotatable bonds is 4. The SMILES string of the molecule is O=C(O)c1nnn(Cc2cc(F)cc(F)c2)c1-c1cccnc1. The number of nitrogens with zero attached hydrogens (tertiary/aromatic N) is 4. The molecular weight excluding hydrogens is 306 g/mol. The lowest BCUT2D eigenvalue weighted by molar-refractivity contribution is 0.0691. The molecule has 0 unspecified atom stereocenters. The molecule has 0 atom stereocenters. The monoisotopic (exact) mass is 316 g/mol. The zero-order chi connectivity index (χ0) is 16.4. The predicted molar refractivity (Wildman–Crippen MR) is 75.7 cm³/mol. The van der Waals surface area contributed by atoms with Crippen molar-refractivity contribution in [1.29, 1.82) is 0 Å². The van der Waals surface area contributed by atoms with Crippen molar-refractivity contribution in [3.63, 3.8) is 0 Å². The van der Waals surface area contributed by atoms with Gasteiger partial charge in [0.1, 0.15) is 17.3 Å². The van der Waals surface area contributed by atoms with Crippen LogP contribution in [-0.2, 0) is 6.54 Å². The van der Waals surface area contributed by atoms with Gasteiger partial charge in [-0.05, 0) is 29.8 Å². The number of halogens is 2. The summed E-state index contributed by atoms with van der Waals surface area (Å²) in [4.78, 5) is 15.2. The summed E-state index contributed by atoms with van der Waals surface area (Å²) < 4.78 is 27.9. The second kappa shape index (κ2) is 5.91. The fraction of sp³-hybridized carbons (Fsp3) is 0.0667. The van der Waals surface area contributed by atoms with E-state index in [0.717, 1.165) is 18.2 Å². The number of aromatic carboxylic acids is 1. The summed E-state index contributed by atoms with van der Waals surface area (Å²) in [6.45, 7) is -0.0286. The van der Waals surface area contributed by atoms with Crippen LogP contribution in [0.1, 0.15) is 16.1 Å². The van der Waals surface area contributed by atoms with Crippen molar-refractivity contribution in [1.82, 2.24) is 20.0 Å². The van der Waals surface area contributed by atoms with Crippen molar-refractivity contribution in [3.05, 3.63) is 65.6 Å². The van der Waals surface area contributed by atoms with Crippen LogP contribution in [0.4, 0.5) is 8.78 Å². The summed E-state index contributed by atoms with van der Waals surface area (Å²) in [5.41, 5.74) is 0.756. The zero-order valence-electron chi connectivity index (χ0n) is 11.6. The van der Waals surface area contributed by atoms with Gasteiger partial charge in [-0.25, -0.2) is 18.3 Å². The summed E-state index contributed by atoms with van der Waals surface area (Å²) in [5, 5.41) is 16.7. The first-order valence-electron chi connectivity index (χ1n) is 6.57. The second-order valence-corrected chi connectivity index (χ2v) is 4.77. The van der Waals surface area contributed by atoms with Gasteiger partial charge in [0.05, 0.1) is 6.54 Å². The number of pyridine rings is 1. The van der Waals surface area contributed by atoms with E-state index >= 15 is 0 Å². The molecule has 2 aromatic heterocycles. The first kappa shape index (κ1) is 14.8. The van der Waals surface area contributed by atoms with E-state index in [1.54, 1.807) is 18.3 Å². The van der Waals surface area contributed by atoms with Gasteiger partial charge in [0, 0.05) is 24.0 Å². The molecule has 0 bridgehead atoms. The highest BCUT2D eigenvalue weighted by Crippen LogP contribution is 2.22. The van der Waals surface area contributed by atoms with Crippen molar-refractivity contribution in [3.8, 4) is 11.3 Å². The second-order valence-electron chi connectivity index (χ2n) is 4.77. The zero-order valence-corrected chi connectivity index (χ0v) is 11.6. The smallest absolute Gasteiger partial charge is 0.358 e. The summed E-state index contributed by atoms with van der Waals surface area (Å²) >= 11 is 0. The highest BCUT2D eigenvalue weighted by Gasteiger charge is 2.21. The molecule has 1 aromatic carbocycles. The molecule has 0 aliphatic rings. The van der Waals surface area contributed by atoms with Gasteiger partial charge in [0.2, 0.25) is 0 Å². The summed E-state index contributed by atoms with van der Waals surface area (Å²) in [7, 11) is 0. The molecule has 0 aliphatic carbocycles. The minimum absolute atomic E-state index is 0.0286. The molecule has 0 radical (unpaired) electrons. The minimum Gasteiger partial charge on any atom is -0.476 e. The van der Waals surface area contributed by atoms with Gasteiger partial charge in [-0.1, -0.05) is 5.21 Å². The highest BCUT2D eigenvalue weighted by atomic mass is 19.1. The number of benzene rings is 1. The van der Waals surface area contributed by atoms with Crippen molar-refractivity contribution < 1.29 is 18.7 Å². The van der Waals surface area contributed by atoms with E-state index in [0.29, 0.717) is 11.1 Å². The third-order valence-electron chi connectivity index (χ3n) is 3.13. The Labute approximate surface area is 129 Å². The fourth-order valence-corrected chi connectivity index (χ4v) is 2.23. The lowest BCUT2D eigenvalue weighted by Gasteiger charge is -2.07. The van der Waals surface area contributed by atoms with Crippen LogP contribution in [0.2, 0.25) is 0 Å². The van der Waals surface area contributed by atoms with E-state index in [9.17, 15) is 18.7 Å². The molecule has 6 nitrogen and oxygen atoms in total. The average molecular weight is 316 g/mol. The number of carbonyl (C=O) groups is 1. The standard InChI is InChI=1S/C15H10F2N4O2/c16-11-4-9(5-12(17)6-11)8-21-14(10-2-1-3-18-7-10)13(15(22)23)19-20-21/h1-7H,8H2,(H,22,23). The molecule has 0 saturated carbocycles. The van der Waals surface area contributed by atoms with Gasteiger partial charge in [-0.2, -0.15) is 0 Å². The lowest BCUT2D eigenvalue weighted by Crippen LogP contribution is -2.07. The molecule has 3 aromatic rings. The molecule has 3 rings (SSSR count). The molecule has 0 amide bonds. The van der Waals surface area contributed by atoms with Gasteiger partial charge < -0.3 is 5.11 Å². The molecule has 1 N–H and O–H groups in total. The molecule has 2 heterocycles. The Bertz CT molecular complexity index is 845. The molecule has 0 aliphatic heterocycles. The van der Waals surface area contributed by atoms with Crippen LogP contribution in [0, 0.1) is 11.6 Å². The first-order chi connectivity index (χ1) is 11.0. The molecule has 0 spiro atoms. The molecular formula is C15H10F2N4O2. The van der Waals surface area contributed by atoms with E-state index in [1.165, 1.54) is 10.9 Å². The van der Waals surface area contributed by atoms with Gasteiger partial charge in [0.25, 0.3) is 0 Å². The molecule has 8 heteroatoms. The number of carboxylic acid groups (broad SMARTS) is 1. The van der Waals surface area contributed by atoms with Crippen LogP contribution in [0.5, 0.6) is 0 Å². The maximum absolute atomic E-state index is 13.3. The van der Waals surface area contributed by atoms with Crippen LogP contribution >= 0.6 is 0 Å². The van der Waals surface area contributed by atoms with Crippen molar-refractivity contribution in [2.45, 2.75) is 6.54 Å². The van der Waals surface area contributed by atoms with Crippen molar-refractivity contribution in [2.24, 2.45) is 0 Å². The van der Waals surface area contributed by atoms with Gasteiger partial charge >= 0.3 is 5.97 Å².